The maximum atomic E-state index is 12.8. The van der Waals surface area contributed by atoms with Crippen molar-refractivity contribution in [3.05, 3.63) is 69.8 Å². The molecule has 0 aromatic heterocycles. The molecule has 0 saturated heterocycles. The minimum atomic E-state index is -4.56. The first-order chi connectivity index (χ1) is 11.7. The average Bonchev–Trinajstić information content (AvgIpc) is 2.58. The normalized spacial score (nSPS) is 12.3. The summed E-state index contributed by atoms with van der Waals surface area (Å²) in [5, 5.41) is 10.7. The Hall–Kier alpha value is -3.10. The second kappa shape index (κ2) is 7.20. The molecule has 25 heavy (non-hydrogen) atoms. The van der Waals surface area contributed by atoms with Crippen molar-refractivity contribution in [1.82, 2.24) is 0 Å². The second-order valence-electron chi connectivity index (χ2n) is 4.90. The molecule has 2 aromatic carbocycles. The lowest BCUT2D eigenvalue weighted by atomic mass is 10.1. The highest BCUT2D eigenvalue weighted by Gasteiger charge is 2.31. The molecule has 6 nitrogen and oxygen atoms in total. The van der Waals surface area contributed by atoms with Crippen LogP contribution in [0.5, 0.6) is 5.75 Å². The molecule has 0 spiro atoms. The summed E-state index contributed by atoms with van der Waals surface area (Å²) in [6.07, 6.45) is -5.93. The Balaban J connectivity index is 2.33. The Morgan fingerprint density at radius 1 is 1.16 bits per heavy atom. The molecule has 0 amide bonds. The van der Waals surface area contributed by atoms with Gasteiger partial charge in [-0.15, -0.1) is 0 Å². The van der Waals surface area contributed by atoms with E-state index in [2.05, 4.69) is 4.74 Å². The molecule has 0 aliphatic rings. The molecule has 9 heteroatoms. The fraction of sp³-hybridized carbons (Fsp3) is 0.188. The first-order valence-electron chi connectivity index (χ1n) is 6.88. The van der Waals surface area contributed by atoms with Gasteiger partial charge in [0.25, 0.3) is 5.69 Å². The van der Waals surface area contributed by atoms with E-state index in [0.717, 1.165) is 37.4 Å². The molecule has 0 heterocycles. The molecule has 0 N–H and O–H groups in total. The van der Waals surface area contributed by atoms with Crippen LogP contribution < -0.4 is 4.74 Å². The lowest BCUT2D eigenvalue weighted by molar-refractivity contribution is -0.384. The van der Waals surface area contributed by atoms with Crippen molar-refractivity contribution in [3.8, 4) is 5.75 Å². The van der Waals surface area contributed by atoms with Crippen molar-refractivity contribution in [1.29, 1.82) is 0 Å². The van der Waals surface area contributed by atoms with Gasteiger partial charge in [-0.3, -0.25) is 10.1 Å². The van der Waals surface area contributed by atoms with Crippen LogP contribution in [0.4, 0.5) is 18.9 Å². The molecule has 1 atom stereocenters. The summed E-state index contributed by atoms with van der Waals surface area (Å²) < 4.78 is 48.2. The number of benzene rings is 2. The van der Waals surface area contributed by atoms with Gasteiger partial charge in [0, 0.05) is 17.7 Å². The molecule has 132 valence electrons. The Morgan fingerprint density at radius 2 is 1.80 bits per heavy atom. The third-order valence-electron chi connectivity index (χ3n) is 3.24. The highest BCUT2D eigenvalue weighted by atomic mass is 19.4. The summed E-state index contributed by atoms with van der Waals surface area (Å²) in [7, 11) is 1.09. The van der Waals surface area contributed by atoms with Crippen molar-refractivity contribution in [2.75, 3.05) is 7.11 Å². The Labute approximate surface area is 139 Å². The zero-order chi connectivity index (χ0) is 18.6. The summed E-state index contributed by atoms with van der Waals surface area (Å²) in [6.45, 7) is 0. The number of carbonyl (C=O) groups excluding carboxylic acids is 1. The number of rotatable bonds is 5. The van der Waals surface area contributed by atoms with Gasteiger partial charge >= 0.3 is 12.1 Å². The maximum absolute atomic E-state index is 12.8. The third kappa shape index (κ3) is 4.46. The van der Waals surface area contributed by atoms with E-state index in [1.54, 1.807) is 0 Å². The van der Waals surface area contributed by atoms with Crippen molar-refractivity contribution < 1.29 is 32.4 Å². The molecule has 0 bridgehead atoms. The van der Waals surface area contributed by atoms with Crippen molar-refractivity contribution in [3.63, 3.8) is 0 Å². The van der Waals surface area contributed by atoms with E-state index < -0.39 is 28.7 Å². The number of non-ortho nitro benzene ring substituents is 1. The highest BCUT2D eigenvalue weighted by molar-refractivity contribution is 5.77. The zero-order valence-corrected chi connectivity index (χ0v) is 12.8. The van der Waals surface area contributed by atoms with Crippen LogP contribution in [-0.2, 0) is 15.7 Å². The number of alkyl halides is 3. The molecule has 0 radical (unpaired) electrons. The molecule has 0 aliphatic carbocycles. The summed E-state index contributed by atoms with van der Waals surface area (Å²) in [4.78, 5) is 22.0. The molecule has 0 fully saturated rings. The molecular formula is C16H12F3NO5. The molecular weight excluding hydrogens is 343 g/mol. The number of nitrogens with zero attached hydrogens (tertiary/aromatic N) is 1. The number of halogens is 3. The molecule has 1 unspecified atom stereocenters. The average molecular weight is 355 g/mol. The summed E-state index contributed by atoms with van der Waals surface area (Å²) in [6, 6.07) is 8.87. The molecule has 0 aliphatic heterocycles. The number of ether oxygens (including phenoxy) is 2. The van der Waals surface area contributed by atoms with E-state index in [-0.39, 0.29) is 17.0 Å². The van der Waals surface area contributed by atoms with Gasteiger partial charge in [0.1, 0.15) is 5.75 Å². The lowest BCUT2D eigenvalue weighted by Crippen LogP contribution is -2.20. The van der Waals surface area contributed by atoms with Crippen LogP contribution in [0.3, 0.4) is 0 Å². The minimum absolute atomic E-state index is 0.191. The van der Waals surface area contributed by atoms with E-state index in [1.807, 2.05) is 0 Å². The number of nitro benzene ring substituents is 1. The second-order valence-corrected chi connectivity index (χ2v) is 4.90. The van der Waals surface area contributed by atoms with Gasteiger partial charge in [-0.2, -0.15) is 13.2 Å². The number of hydrogen-bond acceptors (Lipinski definition) is 5. The summed E-state index contributed by atoms with van der Waals surface area (Å²) in [5.41, 5.74) is -0.932. The summed E-state index contributed by atoms with van der Waals surface area (Å²) in [5.74, 6) is -1.05. The minimum Gasteiger partial charge on any atom is -0.474 e. The third-order valence-corrected chi connectivity index (χ3v) is 3.24. The molecule has 2 aromatic rings. The number of esters is 1. The van der Waals surface area contributed by atoms with Gasteiger partial charge in [0.05, 0.1) is 17.6 Å². The quantitative estimate of drug-likeness (QED) is 0.462. The zero-order valence-electron chi connectivity index (χ0n) is 12.8. The highest BCUT2D eigenvalue weighted by Crippen LogP contribution is 2.33. The van der Waals surface area contributed by atoms with Crippen molar-refractivity contribution in [2.45, 2.75) is 12.3 Å². The van der Waals surface area contributed by atoms with Crippen molar-refractivity contribution >= 4 is 11.7 Å². The lowest BCUT2D eigenvalue weighted by Gasteiger charge is -2.18. The first-order valence-corrected chi connectivity index (χ1v) is 6.88. The Morgan fingerprint density at radius 3 is 2.32 bits per heavy atom. The fourth-order valence-corrected chi connectivity index (χ4v) is 2.01. The van der Waals surface area contributed by atoms with Crippen molar-refractivity contribution in [2.24, 2.45) is 0 Å². The number of hydrogen-bond donors (Lipinski definition) is 0. The van der Waals surface area contributed by atoms with Gasteiger partial charge in [0.15, 0.2) is 0 Å². The molecule has 0 saturated carbocycles. The summed E-state index contributed by atoms with van der Waals surface area (Å²) >= 11 is 0. The number of nitro groups is 1. The monoisotopic (exact) mass is 355 g/mol. The largest absolute Gasteiger partial charge is 0.474 e. The van der Waals surface area contributed by atoms with Gasteiger partial charge in [0.2, 0.25) is 6.10 Å². The molecule has 2 rings (SSSR count). The predicted molar refractivity (Wildman–Crippen MR) is 79.9 cm³/mol. The SMILES string of the molecule is COC(=O)C(Oc1cccc(C(F)(F)F)c1)c1ccc([N+](=O)[O-])cc1. The van der Waals surface area contributed by atoms with Crippen LogP contribution in [0.1, 0.15) is 17.2 Å². The van der Waals surface area contributed by atoms with E-state index in [4.69, 9.17) is 4.74 Å². The number of methoxy groups -OCH3 is 1. The van der Waals surface area contributed by atoms with Crippen LogP contribution in [0, 0.1) is 10.1 Å². The van der Waals surface area contributed by atoms with Crippen LogP contribution in [-0.4, -0.2) is 18.0 Å². The van der Waals surface area contributed by atoms with E-state index >= 15 is 0 Å². The van der Waals surface area contributed by atoms with Crippen LogP contribution in [0.15, 0.2) is 48.5 Å². The fourth-order valence-electron chi connectivity index (χ4n) is 2.01. The van der Waals surface area contributed by atoms with Crippen LogP contribution >= 0.6 is 0 Å². The predicted octanol–water partition coefficient (Wildman–Crippen LogP) is 3.91. The van der Waals surface area contributed by atoms with Crippen LogP contribution in [0.2, 0.25) is 0 Å². The first kappa shape index (κ1) is 18.2. The Kier molecular flexibility index (Phi) is 5.26. The maximum Gasteiger partial charge on any atom is 0.416 e. The standard InChI is InChI=1S/C16H12F3NO5/c1-24-15(21)14(10-5-7-12(8-6-10)20(22)23)25-13-4-2-3-11(9-13)16(17,18)19/h2-9,14H,1H3. The topological polar surface area (TPSA) is 78.7 Å². The van der Waals surface area contributed by atoms with Gasteiger partial charge in [-0.05, 0) is 30.3 Å². The van der Waals surface area contributed by atoms with Gasteiger partial charge in [-0.25, -0.2) is 4.79 Å². The smallest absolute Gasteiger partial charge is 0.416 e. The number of carbonyl (C=O) groups is 1. The van der Waals surface area contributed by atoms with E-state index in [9.17, 15) is 28.1 Å². The van der Waals surface area contributed by atoms with Gasteiger partial charge < -0.3 is 9.47 Å². The van der Waals surface area contributed by atoms with E-state index in [1.165, 1.54) is 18.2 Å². The van der Waals surface area contributed by atoms with E-state index in [0.29, 0.717) is 0 Å². The Bertz CT molecular complexity index is 774. The van der Waals surface area contributed by atoms with Gasteiger partial charge in [-0.1, -0.05) is 6.07 Å². The van der Waals surface area contributed by atoms with Crippen LogP contribution in [0.25, 0.3) is 0 Å².